The van der Waals surface area contributed by atoms with Gasteiger partial charge in [0.25, 0.3) is 5.91 Å². The minimum atomic E-state index is -0.308. The van der Waals surface area contributed by atoms with Crippen LogP contribution in [-0.2, 0) is 11.3 Å². The Labute approximate surface area is 189 Å². The third-order valence-electron chi connectivity index (χ3n) is 5.57. The molecule has 0 saturated carbocycles. The number of benzene rings is 1. The normalized spacial score (nSPS) is 13.9. The van der Waals surface area contributed by atoms with E-state index in [0.717, 1.165) is 65.4 Å². The van der Waals surface area contributed by atoms with Crippen LogP contribution in [0.1, 0.15) is 40.9 Å². The molecule has 3 heterocycles. The van der Waals surface area contributed by atoms with Crippen molar-refractivity contribution >= 4 is 39.5 Å². The number of amides is 2. The Balaban J connectivity index is 1.68. The van der Waals surface area contributed by atoms with Crippen molar-refractivity contribution in [2.75, 3.05) is 18.4 Å². The lowest BCUT2D eigenvalue weighted by Crippen LogP contribution is -2.36. The van der Waals surface area contributed by atoms with Crippen molar-refractivity contribution in [2.24, 2.45) is 0 Å². The van der Waals surface area contributed by atoms with Gasteiger partial charge in [0.15, 0.2) is 0 Å². The number of piperidine rings is 1. The monoisotopic (exact) mass is 455 g/mol. The molecule has 1 aliphatic rings. The number of aromatic nitrogens is 1. The van der Waals surface area contributed by atoms with Crippen molar-refractivity contribution in [1.82, 2.24) is 9.47 Å². The molecule has 1 fully saturated rings. The molecule has 0 bridgehead atoms. The Bertz CT molecular complexity index is 1150. The van der Waals surface area contributed by atoms with Crippen LogP contribution < -0.4 is 10.2 Å². The number of thiophene rings is 1. The Kier molecular flexibility index (Phi) is 6.38. The summed E-state index contributed by atoms with van der Waals surface area (Å²) in [6.45, 7) is 5.17. The van der Waals surface area contributed by atoms with E-state index < -0.39 is 0 Å². The van der Waals surface area contributed by atoms with E-state index in [9.17, 15) is 14.4 Å². The van der Waals surface area contributed by atoms with E-state index in [1.807, 2.05) is 42.2 Å². The summed E-state index contributed by atoms with van der Waals surface area (Å²) in [6.07, 6.45) is 3.14. The second kappa shape index (κ2) is 9.20. The van der Waals surface area contributed by atoms with Crippen molar-refractivity contribution in [3.05, 3.63) is 62.2 Å². The van der Waals surface area contributed by atoms with Gasteiger partial charge in [-0.2, -0.15) is 0 Å². The largest absolute Gasteiger partial charge is 0.339 e. The van der Waals surface area contributed by atoms with Crippen LogP contribution in [0.25, 0.3) is 10.4 Å². The van der Waals surface area contributed by atoms with E-state index in [1.54, 1.807) is 12.3 Å². The van der Waals surface area contributed by atoms with E-state index in [1.165, 1.54) is 15.9 Å². The van der Waals surface area contributed by atoms with Crippen LogP contribution in [0.4, 0.5) is 5.00 Å². The molecule has 0 radical (unpaired) electrons. The van der Waals surface area contributed by atoms with Crippen LogP contribution in [-0.4, -0.2) is 34.4 Å². The number of carbonyl (C=O) groups is 2. The molecule has 4 rings (SSSR count). The fraction of sp³-hybridized carbons (Fsp3) is 0.348. The van der Waals surface area contributed by atoms with Gasteiger partial charge >= 0.3 is 4.87 Å². The maximum Gasteiger partial charge on any atom is 0.307 e. The highest BCUT2D eigenvalue weighted by atomic mass is 32.1. The Morgan fingerprint density at radius 1 is 1.06 bits per heavy atom. The number of hydrogen-bond acceptors (Lipinski definition) is 5. The Morgan fingerprint density at radius 2 is 1.77 bits per heavy atom. The fourth-order valence-corrected chi connectivity index (χ4v) is 5.84. The number of nitrogens with zero attached hydrogens (tertiary/aromatic N) is 2. The van der Waals surface area contributed by atoms with Gasteiger partial charge in [0.05, 0.1) is 5.56 Å². The van der Waals surface area contributed by atoms with Crippen LogP contribution >= 0.6 is 22.7 Å². The summed E-state index contributed by atoms with van der Waals surface area (Å²) in [4.78, 5) is 40.9. The standard InChI is InChI=1S/C23H25N3O3S2/c1-15-14-30-23(29)26(15)13-18(27)24-21-19(22(28)25-11-7-4-8-12-25)16(2)20(31-21)17-9-5-3-6-10-17/h3,5-6,9-10,14H,4,7-8,11-13H2,1-2H3,(H,24,27). The molecule has 3 aromatic rings. The Hall–Kier alpha value is -2.71. The second-order valence-corrected chi connectivity index (χ2v) is 9.60. The van der Waals surface area contributed by atoms with Crippen molar-refractivity contribution in [2.45, 2.75) is 39.7 Å². The number of likely N-dealkylation sites (tertiary alicyclic amines) is 1. The predicted octanol–water partition coefficient (Wildman–Crippen LogP) is 4.52. The first kappa shape index (κ1) is 21.5. The first-order chi connectivity index (χ1) is 15.0. The number of aryl methyl sites for hydroxylation is 1. The summed E-state index contributed by atoms with van der Waals surface area (Å²) in [7, 11) is 0. The number of anilines is 1. The zero-order chi connectivity index (χ0) is 22.0. The smallest absolute Gasteiger partial charge is 0.307 e. The van der Waals surface area contributed by atoms with E-state index in [2.05, 4.69) is 5.32 Å². The minimum absolute atomic E-state index is 0.0326. The molecule has 1 aromatic carbocycles. The highest BCUT2D eigenvalue weighted by molar-refractivity contribution is 7.20. The van der Waals surface area contributed by atoms with Gasteiger partial charge < -0.3 is 10.2 Å². The lowest BCUT2D eigenvalue weighted by Gasteiger charge is -2.27. The molecule has 0 spiro atoms. The zero-order valence-corrected chi connectivity index (χ0v) is 19.3. The molecule has 1 saturated heterocycles. The number of carbonyl (C=O) groups excluding carboxylic acids is 2. The van der Waals surface area contributed by atoms with Crippen molar-refractivity contribution in [3.63, 3.8) is 0 Å². The summed E-state index contributed by atoms with van der Waals surface area (Å²) >= 11 is 2.50. The molecule has 0 aliphatic carbocycles. The molecule has 2 aromatic heterocycles. The summed E-state index contributed by atoms with van der Waals surface area (Å²) < 4.78 is 1.45. The minimum Gasteiger partial charge on any atom is -0.339 e. The lowest BCUT2D eigenvalue weighted by atomic mass is 10.0. The van der Waals surface area contributed by atoms with E-state index >= 15 is 0 Å². The third kappa shape index (κ3) is 4.50. The van der Waals surface area contributed by atoms with Crippen molar-refractivity contribution < 1.29 is 9.59 Å². The molecule has 162 valence electrons. The number of rotatable bonds is 5. The lowest BCUT2D eigenvalue weighted by molar-refractivity contribution is -0.116. The maximum atomic E-state index is 13.4. The molecule has 0 atom stereocenters. The Morgan fingerprint density at radius 3 is 2.42 bits per heavy atom. The van der Waals surface area contributed by atoms with Crippen LogP contribution in [0.15, 0.2) is 40.5 Å². The van der Waals surface area contributed by atoms with Crippen LogP contribution in [0.3, 0.4) is 0 Å². The van der Waals surface area contributed by atoms with E-state index in [0.29, 0.717) is 10.6 Å². The average molecular weight is 456 g/mol. The number of hydrogen-bond donors (Lipinski definition) is 1. The van der Waals surface area contributed by atoms with Gasteiger partial charge in [-0.25, -0.2) is 0 Å². The summed E-state index contributed by atoms with van der Waals surface area (Å²) in [5.74, 6) is -0.341. The molecular weight excluding hydrogens is 430 g/mol. The average Bonchev–Trinajstić information content (AvgIpc) is 3.27. The van der Waals surface area contributed by atoms with Gasteiger partial charge in [-0.3, -0.25) is 19.0 Å². The van der Waals surface area contributed by atoms with Crippen molar-refractivity contribution in [3.8, 4) is 10.4 Å². The quantitative estimate of drug-likeness (QED) is 0.615. The van der Waals surface area contributed by atoms with Crippen molar-refractivity contribution in [1.29, 1.82) is 0 Å². The molecule has 2 amide bonds. The molecule has 1 N–H and O–H groups in total. The zero-order valence-electron chi connectivity index (χ0n) is 17.6. The fourth-order valence-electron chi connectivity index (χ4n) is 3.89. The molecule has 31 heavy (non-hydrogen) atoms. The predicted molar refractivity (Wildman–Crippen MR) is 126 cm³/mol. The van der Waals surface area contributed by atoms with Gasteiger partial charge in [0.2, 0.25) is 5.91 Å². The molecular formula is C23H25N3O3S2. The summed E-state index contributed by atoms with van der Waals surface area (Å²) in [6, 6.07) is 9.90. The number of nitrogens with one attached hydrogen (secondary N) is 1. The third-order valence-corrected chi connectivity index (χ3v) is 7.71. The van der Waals surface area contributed by atoms with E-state index in [4.69, 9.17) is 0 Å². The molecule has 8 heteroatoms. The van der Waals surface area contributed by atoms with Gasteiger partial charge in [0.1, 0.15) is 11.5 Å². The SMILES string of the molecule is Cc1c(-c2ccccc2)sc(NC(=O)Cn2c(C)csc2=O)c1C(=O)N1CCCCC1. The number of thiazole rings is 1. The molecule has 0 unspecified atom stereocenters. The first-order valence-electron chi connectivity index (χ1n) is 10.4. The topological polar surface area (TPSA) is 71.4 Å². The summed E-state index contributed by atoms with van der Waals surface area (Å²) in [5, 5.41) is 5.22. The van der Waals surface area contributed by atoms with Gasteiger partial charge in [-0.15, -0.1) is 11.3 Å². The maximum absolute atomic E-state index is 13.4. The van der Waals surface area contributed by atoms with Gasteiger partial charge in [-0.1, -0.05) is 41.7 Å². The van der Waals surface area contributed by atoms with E-state index in [-0.39, 0.29) is 23.2 Å². The highest BCUT2D eigenvalue weighted by Gasteiger charge is 2.27. The highest BCUT2D eigenvalue weighted by Crippen LogP contribution is 2.40. The first-order valence-corrected chi connectivity index (χ1v) is 12.1. The molecule has 1 aliphatic heterocycles. The summed E-state index contributed by atoms with van der Waals surface area (Å²) in [5.41, 5.74) is 3.21. The van der Waals surface area contributed by atoms with Crippen LogP contribution in [0.2, 0.25) is 0 Å². The van der Waals surface area contributed by atoms with Crippen LogP contribution in [0.5, 0.6) is 0 Å². The molecule has 6 nitrogen and oxygen atoms in total. The second-order valence-electron chi connectivity index (χ2n) is 7.76. The van der Waals surface area contributed by atoms with Gasteiger partial charge in [-0.05, 0) is 44.2 Å². The van der Waals surface area contributed by atoms with Crippen LogP contribution in [0, 0.1) is 13.8 Å². The van der Waals surface area contributed by atoms with Gasteiger partial charge in [0, 0.05) is 29.0 Å².